The molecule has 0 bridgehead atoms. The number of carbonyl (C=O) groups is 2. The zero-order chi connectivity index (χ0) is 12.8. The molecule has 4 nitrogen and oxygen atoms in total. The van der Waals surface area contributed by atoms with Crippen molar-refractivity contribution in [1.82, 2.24) is 0 Å². The smallest absolute Gasteiger partial charge is 0.306 e. The van der Waals surface area contributed by atoms with Crippen molar-refractivity contribution in [3.05, 3.63) is 35.9 Å². The number of cyclic esters (lactones) is 1. The fourth-order valence-electron chi connectivity index (χ4n) is 1.87. The van der Waals surface area contributed by atoms with E-state index in [9.17, 15) is 9.59 Å². The number of hydrogen-bond donors (Lipinski definition) is 0. The minimum absolute atomic E-state index is 0.109. The van der Waals surface area contributed by atoms with Crippen molar-refractivity contribution in [2.75, 3.05) is 0 Å². The highest BCUT2D eigenvalue weighted by Gasteiger charge is 2.23. The van der Waals surface area contributed by atoms with Gasteiger partial charge in [-0.3, -0.25) is 9.59 Å². The predicted octanol–water partition coefficient (Wildman–Crippen LogP) is 2.22. The van der Waals surface area contributed by atoms with Crippen molar-refractivity contribution in [2.45, 2.75) is 38.4 Å². The number of esters is 2. The van der Waals surface area contributed by atoms with Gasteiger partial charge in [-0.05, 0) is 18.4 Å². The summed E-state index contributed by atoms with van der Waals surface area (Å²) in [4.78, 5) is 22.4. The first-order valence-electron chi connectivity index (χ1n) is 6.13. The van der Waals surface area contributed by atoms with Crippen LogP contribution in [-0.4, -0.2) is 18.0 Å². The van der Waals surface area contributed by atoms with Crippen molar-refractivity contribution in [2.24, 2.45) is 0 Å². The molecule has 1 aliphatic heterocycles. The minimum atomic E-state index is -0.248. The molecule has 0 N–H and O–H groups in total. The molecule has 1 saturated heterocycles. The Bertz CT molecular complexity index is 413. The lowest BCUT2D eigenvalue weighted by Gasteiger charge is -2.08. The van der Waals surface area contributed by atoms with Crippen LogP contribution in [0.5, 0.6) is 0 Å². The summed E-state index contributed by atoms with van der Waals surface area (Å²) in [6.07, 6.45) is 1.92. The summed E-state index contributed by atoms with van der Waals surface area (Å²) in [5.74, 6) is -0.417. The van der Waals surface area contributed by atoms with Crippen LogP contribution < -0.4 is 0 Å². The van der Waals surface area contributed by atoms with E-state index in [0.717, 1.165) is 5.56 Å². The van der Waals surface area contributed by atoms with Gasteiger partial charge in [0.05, 0.1) is 0 Å². The zero-order valence-electron chi connectivity index (χ0n) is 10.1. The highest BCUT2D eigenvalue weighted by Crippen LogP contribution is 2.18. The maximum absolute atomic E-state index is 11.5. The average molecular weight is 248 g/mol. The molecule has 18 heavy (non-hydrogen) atoms. The minimum Gasteiger partial charge on any atom is -0.462 e. The summed E-state index contributed by atoms with van der Waals surface area (Å²) in [6.45, 7) is 0.296. The Hall–Kier alpha value is -1.84. The number of ether oxygens (including phenoxy) is 2. The summed E-state index contributed by atoms with van der Waals surface area (Å²) in [5, 5.41) is 0. The van der Waals surface area contributed by atoms with E-state index in [2.05, 4.69) is 0 Å². The van der Waals surface area contributed by atoms with E-state index >= 15 is 0 Å². The second-order valence-corrected chi connectivity index (χ2v) is 4.34. The largest absolute Gasteiger partial charge is 0.462 e. The van der Waals surface area contributed by atoms with E-state index in [4.69, 9.17) is 9.47 Å². The molecule has 1 heterocycles. The second-order valence-electron chi connectivity index (χ2n) is 4.34. The van der Waals surface area contributed by atoms with Crippen LogP contribution in [0.3, 0.4) is 0 Å². The molecular formula is C14H16O4. The number of carbonyl (C=O) groups excluding carboxylic acids is 2. The quantitative estimate of drug-likeness (QED) is 0.750. The zero-order valence-corrected chi connectivity index (χ0v) is 10.1. The van der Waals surface area contributed by atoms with E-state index in [1.165, 1.54) is 0 Å². The first kappa shape index (κ1) is 12.6. The Kier molecular flexibility index (Phi) is 4.34. The molecule has 1 aromatic rings. The highest BCUT2D eigenvalue weighted by molar-refractivity contribution is 5.72. The van der Waals surface area contributed by atoms with E-state index in [1.54, 1.807) is 0 Å². The van der Waals surface area contributed by atoms with Crippen LogP contribution in [-0.2, 0) is 25.7 Å². The molecule has 0 unspecified atom stereocenters. The Morgan fingerprint density at radius 1 is 1.33 bits per heavy atom. The second kappa shape index (κ2) is 6.19. The van der Waals surface area contributed by atoms with Gasteiger partial charge in [0.25, 0.3) is 0 Å². The van der Waals surface area contributed by atoms with Crippen LogP contribution in [0.25, 0.3) is 0 Å². The van der Waals surface area contributed by atoms with Crippen LogP contribution in [0.15, 0.2) is 30.3 Å². The van der Waals surface area contributed by atoms with Gasteiger partial charge in [0.2, 0.25) is 0 Å². The van der Waals surface area contributed by atoms with Gasteiger partial charge in [0.1, 0.15) is 12.7 Å². The molecule has 1 fully saturated rings. The van der Waals surface area contributed by atoms with Gasteiger partial charge in [-0.2, -0.15) is 0 Å². The number of hydrogen-bond acceptors (Lipinski definition) is 4. The summed E-state index contributed by atoms with van der Waals surface area (Å²) in [6, 6.07) is 9.54. The van der Waals surface area contributed by atoms with Gasteiger partial charge in [0, 0.05) is 12.8 Å². The van der Waals surface area contributed by atoms with Crippen molar-refractivity contribution in [3.8, 4) is 0 Å². The maximum Gasteiger partial charge on any atom is 0.306 e. The SMILES string of the molecule is O=C(CC[C@H]1CCC(=O)O1)OCc1ccccc1. The molecule has 0 aliphatic carbocycles. The van der Waals surface area contributed by atoms with Gasteiger partial charge >= 0.3 is 11.9 Å². The fourth-order valence-corrected chi connectivity index (χ4v) is 1.87. The van der Waals surface area contributed by atoms with Gasteiger partial charge < -0.3 is 9.47 Å². The van der Waals surface area contributed by atoms with Crippen molar-refractivity contribution in [3.63, 3.8) is 0 Å². The molecule has 1 atom stereocenters. The lowest BCUT2D eigenvalue weighted by Crippen LogP contribution is -2.11. The molecule has 2 rings (SSSR count). The lowest BCUT2D eigenvalue weighted by atomic mass is 10.1. The third kappa shape index (κ3) is 3.87. The van der Waals surface area contributed by atoms with Gasteiger partial charge in [-0.15, -0.1) is 0 Å². The molecule has 0 aromatic heterocycles. The molecule has 1 aromatic carbocycles. The normalized spacial score (nSPS) is 18.4. The predicted molar refractivity (Wildman–Crippen MR) is 64.6 cm³/mol. The van der Waals surface area contributed by atoms with E-state index in [-0.39, 0.29) is 18.0 Å². The van der Waals surface area contributed by atoms with Crippen molar-refractivity contribution >= 4 is 11.9 Å². The molecule has 96 valence electrons. The molecule has 0 radical (unpaired) electrons. The van der Waals surface area contributed by atoms with Crippen LogP contribution in [0.2, 0.25) is 0 Å². The first-order valence-corrected chi connectivity index (χ1v) is 6.13. The maximum atomic E-state index is 11.5. The Morgan fingerprint density at radius 2 is 2.11 bits per heavy atom. The molecule has 4 heteroatoms. The van der Waals surface area contributed by atoms with Gasteiger partial charge in [-0.25, -0.2) is 0 Å². The summed E-state index contributed by atoms with van der Waals surface area (Å²) in [5.41, 5.74) is 0.971. The molecule has 0 saturated carbocycles. The highest BCUT2D eigenvalue weighted by atomic mass is 16.6. The van der Waals surface area contributed by atoms with E-state index in [1.807, 2.05) is 30.3 Å². The standard InChI is InChI=1S/C14H16O4/c15-13(8-6-12-7-9-14(16)18-12)17-10-11-4-2-1-3-5-11/h1-5,12H,6-10H2/t12-/m0/s1. The molecular weight excluding hydrogens is 232 g/mol. The van der Waals surface area contributed by atoms with Crippen LogP contribution in [0, 0.1) is 0 Å². The van der Waals surface area contributed by atoms with E-state index < -0.39 is 0 Å². The Morgan fingerprint density at radius 3 is 2.78 bits per heavy atom. The van der Waals surface area contributed by atoms with E-state index in [0.29, 0.717) is 32.3 Å². The third-order valence-corrected chi connectivity index (χ3v) is 2.88. The third-order valence-electron chi connectivity index (χ3n) is 2.88. The van der Waals surface area contributed by atoms with Crippen LogP contribution >= 0.6 is 0 Å². The Balaban J connectivity index is 1.65. The first-order chi connectivity index (χ1) is 8.74. The lowest BCUT2D eigenvalue weighted by molar-refractivity contribution is -0.148. The van der Waals surface area contributed by atoms with Crippen molar-refractivity contribution < 1.29 is 19.1 Å². The Labute approximate surface area is 106 Å². The fraction of sp³-hybridized carbons (Fsp3) is 0.429. The average Bonchev–Trinajstić information content (AvgIpc) is 2.81. The molecule has 0 amide bonds. The molecule has 0 spiro atoms. The van der Waals surface area contributed by atoms with Crippen LogP contribution in [0.4, 0.5) is 0 Å². The number of benzene rings is 1. The number of rotatable bonds is 5. The summed E-state index contributed by atoms with van der Waals surface area (Å²) >= 11 is 0. The monoisotopic (exact) mass is 248 g/mol. The molecule has 1 aliphatic rings. The van der Waals surface area contributed by atoms with Gasteiger partial charge in [-0.1, -0.05) is 30.3 Å². The van der Waals surface area contributed by atoms with Crippen molar-refractivity contribution in [1.29, 1.82) is 0 Å². The van der Waals surface area contributed by atoms with Crippen LogP contribution in [0.1, 0.15) is 31.2 Å². The van der Waals surface area contributed by atoms with Gasteiger partial charge in [0.15, 0.2) is 0 Å². The summed E-state index contributed by atoms with van der Waals surface area (Å²) < 4.78 is 10.2. The summed E-state index contributed by atoms with van der Waals surface area (Å²) in [7, 11) is 0. The topological polar surface area (TPSA) is 52.6 Å².